The van der Waals surface area contributed by atoms with E-state index in [1.165, 1.54) is 167 Å². The number of unbranched alkanes of at least 4 members (excludes halogenated alkanes) is 14. The van der Waals surface area contributed by atoms with Gasteiger partial charge in [0.15, 0.2) is 0 Å². The fraction of sp³-hybridized carbons (Fsp3) is 1.00. The highest BCUT2D eigenvalue weighted by atomic mass is 32.2. The van der Waals surface area contributed by atoms with Crippen molar-refractivity contribution in [1.29, 1.82) is 0 Å². The van der Waals surface area contributed by atoms with E-state index in [1.807, 2.05) is 0 Å². The molecule has 2 heteroatoms. The maximum atomic E-state index is 4.49. The molecule has 6 unspecified atom stereocenters. The van der Waals surface area contributed by atoms with Crippen LogP contribution in [0.25, 0.3) is 0 Å². The van der Waals surface area contributed by atoms with E-state index in [0.717, 1.165) is 29.0 Å². The van der Waals surface area contributed by atoms with E-state index < -0.39 is 0 Å². The maximum Gasteiger partial charge on any atom is 0.0566 e. The molecule has 0 radical (unpaired) electrons. The molecule has 1 heterocycles. The van der Waals surface area contributed by atoms with Crippen molar-refractivity contribution in [3.63, 3.8) is 0 Å². The molecule has 0 aromatic carbocycles. The lowest BCUT2D eigenvalue weighted by molar-refractivity contribution is 0.243. The first-order chi connectivity index (χ1) is 19.7. The number of nitrogens with one attached hydrogen (secondary N) is 1. The average Bonchev–Trinajstić information content (AvgIpc) is 3.40. The van der Waals surface area contributed by atoms with Crippen molar-refractivity contribution in [3.05, 3.63) is 0 Å². The van der Waals surface area contributed by atoms with Gasteiger partial charge in [0.2, 0.25) is 0 Å². The highest BCUT2D eigenvalue weighted by Gasteiger charge is 2.44. The molecule has 1 aliphatic rings. The Morgan fingerprint density at radius 3 is 1.20 bits per heavy atom. The van der Waals surface area contributed by atoms with Gasteiger partial charge in [0.25, 0.3) is 0 Å². The van der Waals surface area contributed by atoms with Gasteiger partial charge in [-0.3, -0.25) is 0 Å². The summed E-state index contributed by atoms with van der Waals surface area (Å²) in [4.78, 5) is 0. The highest BCUT2D eigenvalue weighted by Crippen LogP contribution is 2.45. The normalized spacial score (nSPS) is 21.6. The number of rotatable bonds is 29. The van der Waals surface area contributed by atoms with Crippen molar-refractivity contribution in [2.45, 2.75) is 225 Å². The first-order valence-electron chi connectivity index (χ1n) is 19.1. The molecular formula is C38H77NS. The second-order valence-corrected chi connectivity index (χ2v) is 15.0. The fourth-order valence-corrected chi connectivity index (χ4v) is 9.37. The van der Waals surface area contributed by atoms with Crippen LogP contribution in [-0.4, -0.2) is 16.7 Å². The van der Waals surface area contributed by atoms with Crippen LogP contribution in [0.3, 0.4) is 0 Å². The summed E-state index contributed by atoms with van der Waals surface area (Å²) in [5, 5.41) is 6.05. The Balaban J connectivity index is 3.18. The molecular weight excluding hydrogens is 502 g/mol. The third kappa shape index (κ3) is 16.8. The van der Waals surface area contributed by atoms with Gasteiger partial charge in [0.05, 0.1) is 5.37 Å². The van der Waals surface area contributed by atoms with Crippen LogP contribution in [0.2, 0.25) is 0 Å². The zero-order valence-electron chi connectivity index (χ0n) is 28.8. The van der Waals surface area contributed by atoms with E-state index in [0.29, 0.717) is 5.37 Å². The Labute approximate surface area is 259 Å². The fourth-order valence-electron chi connectivity index (χ4n) is 7.34. The van der Waals surface area contributed by atoms with Gasteiger partial charge >= 0.3 is 0 Å². The van der Waals surface area contributed by atoms with Crippen LogP contribution in [-0.2, 0) is 0 Å². The van der Waals surface area contributed by atoms with Crippen molar-refractivity contribution in [2.24, 2.45) is 17.8 Å². The molecule has 0 spiro atoms. The lowest BCUT2D eigenvalue weighted by Crippen LogP contribution is -2.44. The summed E-state index contributed by atoms with van der Waals surface area (Å²) in [7, 11) is 0. The Kier molecular flexibility index (Phi) is 25.8. The predicted octanol–water partition coefficient (Wildman–Crippen LogP) is 13.5. The second kappa shape index (κ2) is 26.9. The van der Waals surface area contributed by atoms with E-state index in [4.69, 9.17) is 0 Å². The first kappa shape index (κ1) is 38.3. The van der Waals surface area contributed by atoms with Gasteiger partial charge in [-0.05, 0) is 56.3 Å². The highest BCUT2D eigenvalue weighted by molar-refractivity contribution is 8.00. The van der Waals surface area contributed by atoms with Crippen molar-refractivity contribution in [1.82, 2.24) is 5.32 Å². The number of hydrogen-bond donors (Lipinski definition) is 1. The lowest BCUT2D eigenvalue weighted by atomic mass is 9.80. The van der Waals surface area contributed by atoms with E-state index in [-0.39, 0.29) is 0 Å². The van der Waals surface area contributed by atoms with E-state index in [2.05, 4.69) is 58.6 Å². The Morgan fingerprint density at radius 2 is 0.750 bits per heavy atom. The minimum Gasteiger partial charge on any atom is -0.301 e. The van der Waals surface area contributed by atoms with Gasteiger partial charge in [-0.1, -0.05) is 170 Å². The van der Waals surface area contributed by atoms with Crippen molar-refractivity contribution in [3.8, 4) is 0 Å². The smallest absolute Gasteiger partial charge is 0.0566 e. The number of thioether (sulfide) groups is 1. The average molecular weight is 580 g/mol. The van der Waals surface area contributed by atoms with Crippen LogP contribution in [0.5, 0.6) is 0 Å². The molecule has 0 amide bonds. The van der Waals surface area contributed by atoms with Crippen molar-refractivity contribution in [2.75, 3.05) is 0 Å². The molecule has 240 valence electrons. The minimum atomic E-state index is 0.705. The van der Waals surface area contributed by atoms with Crippen LogP contribution < -0.4 is 5.32 Å². The topological polar surface area (TPSA) is 12.0 Å². The van der Waals surface area contributed by atoms with Gasteiger partial charge in [-0.25, -0.2) is 0 Å². The van der Waals surface area contributed by atoms with Crippen LogP contribution >= 0.6 is 11.8 Å². The quantitative estimate of drug-likeness (QED) is 0.0884. The van der Waals surface area contributed by atoms with Gasteiger partial charge in [0.1, 0.15) is 0 Å². The van der Waals surface area contributed by atoms with Crippen LogP contribution in [0.4, 0.5) is 0 Å². The molecule has 40 heavy (non-hydrogen) atoms. The summed E-state index contributed by atoms with van der Waals surface area (Å²) in [5.74, 6) is 2.69. The molecule has 0 aliphatic carbocycles. The molecule has 1 fully saturated rings. The monoisotopic (exact) mass is 580 g/mol. The summed E-state index contributed by atoms with van der Waals surface area (Å²) in [6.45, 7) is 14.3. The first-order valence-corrected chi connectivity index (χ1v) is 20.0. The van der Waals surface area contributed by atoms with Crippen LogP contribution in [0.15, 0.2) is 0 Å². The number of hydrogen-bond acceptors (Lipinski definition) is 2. The molecule has 0 saturated carbocycles. The second-order valence-electron chi connectivity index (χ2n) is 13.7. The third-order valence-electron chi connectivity index (χ3n) is 9.99. The van der Waals surface area contributed by atoms with Crippen molar-refractivity contribution < 1.29 is 0 Å². The molecule has 1 N–H and O–H groups in total. The SMILES string of the molecule is CCCCCCC(CCCC)C1NC(C(CCCCC)CCCCCC)C(C(CCCCC)CCCCCC)S1. The maximum absolute atomic E-state index is 4.49. The molecule has 1 saturated heterocycles. The van der Waals surface area contributed by atoms with E-state index in [1.54, 1.807) is 0 Å². The molecule has 0 bridgehead atoms. The van der Waals surface area contributed by atoms with Crippen molar-refractivity contribution >= 4 is 11.8 Å². The third-order valence-corrected chi connectivity index (χ3v) is 11.8. The zero-order valence-corrected chi connectivity index (χ0v) is 29.6. The Hall–Kier alpha value is 0.310. The lowest BCUT2D eigenvalue weighted by Gasteiger charge is -2.33. The zero-order chi connectivity index (χ0) is 29.3. The van der Waals surface area contributed by atoms with Crippen LogP contribution in [0, 0.1) is 17.8 Å². The van der Waals surface area contributed by atoms with Crippen LogP contribution in [0.1, 0.15) is 208 Å². The van der Waals surface area contributed by atoms with E-state index in [9.17, 15) is 0 Å². The molecule has 0 aromatic rings. The summed E-state index contributed by atoms with van der Waals surface area (Å²) in [6, 6.07) is 0.756. The summed E-state index contributed by atoms with van der Waals surface area (Å²) >= 11 is 2.47. The summed E-state index contributed by atoms with van der Waals surface area (Å²) in [5.41, 5.74) is 0. The van der Waals surface area contributed by atoms with Gasteiger partial charge in [-0.2, -0.15) is 0 Å². The van der Waals surface area contributed by atoms with E-state index >= 15 is 0 Å². The predicted molar refractivity (Wildman–Crippen MR) is 187 cm³/mol. The molecule has 0 aromatic heterocycles. The van der Waals surface area contributed by atoms with Gasteiger partial charge in [0, 0.05) is 11.3 Å². The molecule has 1 aliphatic heterocycles. The molecule has 1 nitrogen and oxygen atoms in total. The summed E-state index contributed by atoms with van der Waals surface area (Å²) < 4.78 is 0. The minimum absolute atomic E-state index is 0.705. The van der Waals surface area contributed by atoms with Gasteiger partial charge in [-0.15, -0.1) is 11.8 Å². The van der Waals surface area contributed by atoms with Gasteiger partial charge < -0.3 is 5.32 Å². The summed E-state index contributed by atoms with van der Waals surface area (Å²) in [6.07, 6.45) is 37.1. The Bertz CT molecular complexity index is 488. The molecule has 6 atom stereocenters. The largest absolute Gasteiger partial charge is 0.301 e. The Morgan fingerprint density at radius 1 is 0.400 bits per heavy atom. The standard InChI is InChI=1S/C38H77NS/c1-7-13-19-24-29-33(28-22-16-10-4)36-37(34(30-23-17-11-5)31-25-20-14-8-2)40-38(39-36)35(27-18-12-6)32-26-21-15-9-3/h33-39H,7-32H2,1-6H3. The molecule has 1 rings (SSSR count).